The number of carbonyl (C=O) groups is 1. The maximum absolute atomic E-state index is 12.7. The number of nitrogens with one attached hydrogen (secondary N) is 2. The first-order valence-electron chi connectivity index (χ1n) is 8.58. The number of rotatable bonds is 5. The van der Waals surface area contributed by atoms with Crippen LogP contribution in [0.3, 0.4) is 0 Å². The zero-order chi connectivity index (χ0) is 17.2. The van der Waals surface area contributed by atoms with Crippen LogP contribution in [0.2, 0.25) is 0 Å². The fourth-order valence-corrected chi connectivity index (χ4v) is 3.96. The van der Waals surface area contributed by atoms with Gasteiger partial charge in [-0.15, -0.1) is 0 Å². The van der Waals surface area contributed by atoms with Gasteiger partial charge in [0.25, 0.3) is 5.91 Å². The maximum atomic E-state index is 12.7. The van der Waals surface area contributed by atoms with Gasteiger partial charge in [0.2, 0.25) is 10.0 Å². The van der Waals surface area contributed by atoms with Gasteiger partial charge >= 0.3 is 0 Å². The van der Waals surface area contributed by atoms with Gasteiger partial charge in [-0.3, -0.25) is 4.79 Å². The Balaban J connectivity index is 1.61. The molecule has 132 valence electrons. The molecule has 0 saturated carbocycles. The second-order valence-corrected chi connectivity index (χ2v) is 8.69. The standard InChI is InChI=1S/C17H25N3O3S/c1-2-24(22,23)18-11-13-3-5-14(6-4-13)17(21)20-10-9-15-7-8-16(12-20)19-15/h3-6,15-16,18-19H,2,7-12H2,1H3. The van der Waals surface area contributed by atoms with Crippen LogP contribution >= 0.6 is 0 Å². The predicted octanol–water partition coefficient (Wildman–Crippen LogP) is 1.09. The van der Waals surface area contributed by atoms with Gasteiger partial charge in [-0.2, -0.15) is 0 Å². The zero-order valence-electron chi connectivity index (χ0n) is 14.0. The van der Waals surface area contributed by atoms with Crippen LogP contribution in [-0.2, 0) is 16.6 Å². The van der Waals surface area contributed by atoms with E-state index in [-0.39, 0.29) is 18.2 Å². The highest BCUT2D eigenvalue weighted by Crippen LogP contribution is 2.21. The molecule has 2 atom stereocenters. The number of benzene rings is 1. The van der Waals surface area contributed by atoms with Gasteiger partial charge < -0.3 is 10.2 Å². The molecule has 2 N–H and O–H groups in total. The van der Waals surface area contributed by atoms with Gasteiger partial charge in [-0.1, -0.05) is 12.1 Å². The lowest BCUT2D eigenvalue weighted by Gasteiger charge is -2.24. The van der Waals surface area contributed by atoms with Crippen molar-refractivity contribution in [3.05, 3.63) is 35.4 Å². The van der Waals surface area contributed by atoms with Crippen LogP contribution in [0.4, 0.5) is 0 Å². The predicted molar refractivity (Wildman–Crippen MR) is 93.2 cm³/mol. The third-order valence-corrected chi connectivity index (χ3v) is 6.23. The SMILES string of the molecule is CCS(=O)(=O)NCc1ccc(C(=O)N2CCC3CCC(C2)N3)cc1. The van der Waals surface area contributed by atoms with Gasteiger partial charge in [0, 0.05) is 37.3 Å². The van der Waals surface area contributed by atoms with Crippen molar-refractivity contribution in [3.63, 3.8) is 0 Å². The minimum absolute atomic E-state index is 0.0602. The molecule has 0 spiro atoms. The first-order chi connectivity index (χ1) is 11.5. The van der Waals surface area contributed by atoms with E-state index in [2.05, 4.69) is 10.0 Å². The Morgan fingerprint density at radius 2 is 1.92 bits per heavy atom. The van der Waals surface area contributed by atoms with E-state index in [1.54, 1.807) is 19.1 Å². The molecule has 7 heteroatoms. The molecule has 2 unspecified atom stereocenters. The van der Waals surface area contributed by atoms with Gasteiger partial charge in [-0.05, 0) is 43.9 Å². The molecule has 0 aliphatic carbocycles. The van der Waals surface area contributed by atoms with Crippen molar-refractivity contribution in [1.29, 1.82) is 0 Å². The van der Waals surface area contributed by atoms with Crippen molar-refractivity contribution < 1.29 is 13.2 Å². The maximum Gasteiger partial charge on any atom is 0.253 e. The van der Waals surface area contributed by atoms with Crippen LogP contribution in [0.25, 0.3) is 0 Å². The number of likely N-dealkylation sites (tertiary alicyclic amines) is 1. The van der Waals surface area contributed by atoms with Crippen molar-refractivity contribution >= 4 is 15.9 Å². The summed E-state index contributed by atoms with van der Waals surface area (Å²) in [7, 11) is -3.20. The Kier molecular flexibility index (Phi) is 5.22. The summed E-state index contributed by atoms with van der Waals surface area (Å²) in [4.78, 5) is 14.6. The molecule has 2 aliphatic heterocycles. The molecule has 2 bridgehead atoms. The Morgan fingerprint density at radius 1 is 1.21 bits per heavy atom. The number of fused-ring (bicyclic) bond motifs is 2. The summed E-state index contributed by atoms with van der Waals surface area (Å²) in [5.74, 6) is 0.124. The first kappa shape index (κ1) is 17.4. The average molecular weight is 351 g/mol. The summed E-state index contributed by atoms with van der Waals surface area (Å²) in [6, 6.07) is 8.18. The number of amides is 1. The summed E-state index contributed by atoms with van der Waals surface area (Å²) in [6.45, 7) is 3.42. The van der Waals surface area contributed by atoms with Crippen molar-refractivity contribution in [3.8, 4) is 0 Å². The Hall–Kier alpha value is -1.44. The van der Waals surface area contributed by atoms with E-state index in [4.69, 9.17) is 0 Å². The van der Waals surface area contributed by atoms with E-state index < -0.39 is 10.0 Å². The molecule has 6 nitrogen and oxygen atoms in total. The number of sulfonamides is 1. The molecule has 3 rings (SSSR count). The van der Waals surface area contributed by atoms with Crippen LogP contribution in [0.5, 0.6) is 0 Å². The smallest absolute Gasteiger partial charge is 0.253 e. The van der Waals surface area contributed by atoms with E-state index in [1.807, 2.05) is 17.0 Å². The van der Waals surface area contributed by atoms with E-state index in [0.29, 0.717) is 17.6 Å². The molecule has 1 aromatic rings. The highest BCUT2D eigenvalue weighted by atomic mass is 32.2. The first-order valence-corrected chi connectivity index (χ1v) is 10.2. The van der Waals surface area contributed by atoms with Crippen LogP contribution in [0.15, 0.2) is 24.3 Å². The van der Waals surface area contributed by atoms with Gasteiger partial charge in [0.05, 0.1) is 5.75 Å². The quantitative estimate of drug-likeness (QED) is 0.832. The molecule has 1 aromatic carbocycles. The largest absolute Gasteiger partial charge is 0.337 e. The lowest BCUT2D eigenvalue weighted by Crippen LogP contribution is -2.39. The van der Waals surface area contributed by atoms with Gasteiger partial charge in [-0.25, -0.2) is 13.1 Å². The molecule has 2 heterocycles. The highest BCUT2D eigenvalue weighted by Gasteiger charge is 2.31. The van der Waals surface area contributed by atoms with E-state index in [1.165, 1.54) is 6.42 Å². The lowest BCUT2D eigenvalue weighted by molar-refractivity contribution is 0.0748. The Bertz CT molecular complexity index is 688. The number of hydrogen-bond acceptors (Lipinski definition) is 4. The lowest BCUT2D eigenvalue weighted by atomic mass is 10.1. The normalized spacial score (nSPS) is 24.0. The Labute approximate surface area is 143 Å². The van der Waals surface area contributed by atoms with Crippen LogP contribution in [0, 0.1) is 0 Å². The monoisotopic (exact) mass is 351 g/mol. The van der Waals surface area contributed by atoms with Gasteiger partial charge in [0.1, 0.15) is 0 Å². The average Bonchev–Trinajstić information content (AvgIpc) is 2.92. The molecular formula is C17H25N3O3S. The second-order valence-electron chi connectivity index (χ2n) is 6.60. The van der Waals surface area contributed by atoms with E-state index in [9.17, 15) is 13.2 Å². The number of hydrogen-bond donors (Lipinski definition) is 2. The number of nitrogens with zero attached hydrogens (tertiary/aromatic N) is 1. The summed E-state index contributed by atoms with van der Waals surface area (Å²) < 4.78 is 25.5. The van der Waals surface area contributed by atoms with Crippen molar-refractivity contribution in [1.82, 2.24) is 14.9 Å². The van der Waals surface area contributed by atoms with Crippen molar-refractivity contribution in [2.75, 3.05) is 18.8 Å². The van der Waals surface area contributed by atoms with Crippen LogP contribution in [-0.4, -0.2) is 50.2 Å². The molecular weight excluding hydrogens is 326 g/mol. The topological polar surface area (TPSA) is 78.5 Å². The molecule has 2 fully saturated rings. The summed E-state index contributed by atoms with van der Waals surface area (Å²) in [5, 5.41) is 3.58. The third-order valence-electron chi connectivity index (χ3n) is 4.89. The summed E-state index contributed by atoms with van der Waals surface area (Å²) in [5.41, 5.74) is 1.51. The zero-order valence-corrected chi connectivity index (χ0v) is 14.8. The minimum atomic E-state index is -3.20. The molecule has 0 aromatic heterocycles. The fourth-order valence-electron chi connectivity index (χ4n) is 3.37. The minimum Gasteiger partial charge on any atom is -0.337 e. The van der Waals surface area contributed by atoms with Crippen molar-refractivity contribution in [2.24, 2.45) is 0 Å². The molecule has 2 saturated heterocycles. The summed E-state index contributed by atoms with van der Waals surface area (Å²) in [6.07, 6.45) is 3.37. The highest BCUT2D eigenvalue weighted by molar-refractivity contribution is 7.89. The third kappa shape index (κ3) is 4.15. The van der Waals surface area contributed by atoms with Gasteiger partial charge in [0.15, 0.2) is 0 Å². The van der Waals surface area contributed by atoms with Crippen LogP contribution < -0.4 is 10.0 Å². The van der Waals surface area contributed by atoms with Crippen molar-refractivity contribution in [2.45, 2.75) is 44.8 Å². The van der Waals surface area contributed by atoms with E-state index in [0.717, 1.165) is 31.5 Å². The molecule has 1 amide bonds. The van der Waals surface area contributed by atoms with Crippen LogP contribution in [0.1, 0.15) is 42.1 Å². The fraction of sp³-hybridized carbons (Fsp3) is 0.588. The van der Waals surface area contributed by atoms with E-state index >= 15 is 0 Å². The Morgan fingerprint density at radius 3 is 2.62 bits per heavy atom. The summed E-state index contributed by atoms with van der Waals surface area (Å²) >= 11 is 0. The number of carbonyl (C=O) groups excluding carboxylic acids is 1. The molecule has 2 aliphatic rings. The second kappa shape index (κ2) is 7.21. The molecule has 24 heavy (non-hydrogen) atoms. The molecule has 0 radical (unpaired) electrons.